The number of amides is 1. The van der Waals surface area contributed by atoms with Crippen molar-refractivity contribution in [3.05, 3.63) is 87.4 Å². The molecule has 0 radical (unpaired) electrons. The van der Waals surface area contributed by atoms with E-state index >= 15 is 0 Å². The minimum atomic E-state index is -0.203. The number of hydrogen-bond acceptors (Lipinski definition) is 4. The van der Waals surface area contributed by atoms with Crippen molar-refractivity contribution in [2.45, 2.75) is 20.4 Å². The number of benzene rings is 3. The lowest BCUT2D eigenvalue weighted by atomic mass is 10.1. The molecule has 0 spiro atoms. The zero-order valence-corrected chi connectivity index (χ0v) is 21.0. The molecule has 7 heteroatoms. The van der Waals surface area contributed by atoms with Crippen molar-refractivity contribution in [3.8, 4) is 5.75 Å². The number of carbonyl (C=O) groups is 1. The topological polar surface area (TPSA) is 44.8 Å². The first-order valence-corrected chi connectivity index (χ1v) is 12.1. The van der Waals surface area contributed by atoms with E-state index in [2.05, 4.69) is 21.2 Å². The molecule has 1 aliphatic heterocycles. The van der Waals surface area contributed by atoms with Gasteiger partial charge in [0.2, 0.25) is 0 Å². The van der Waals surface area contributed by atoms with Crippen LogP contribution in [0.15, 0.2) is 60.7 Å². The van der Waals surface area contributed by atoms with Gasteiger partial charge in [0.05, 0.1) is 0 Å². The fourth-order valence-corrected chi connectivity index (χ4v) is 4.43. The minimum Gasteiger partial charge on any atom is -0.484 e. The Labute approximate surface area is 211 Å². The van der Waals surface area contributed by atoms with E-state index in [1.165, 1.54) is 5.56 Å². The zero-order chi connectivity index (χ0) is 24.1. The van der Waals surface area contributed by atoms with Gasteiger partial charge >= 0.3 is 0 Å². The zero-order valence-electron chi connectivity index (χ0n) is 19.5. The Hall–Kier alpha value is -2.73. The molecule has 0 aromatic heterocycles. The highest BCUT2D eigenvalue weighted by Crippen LogP contribution is 2.26. The second kappa shape index (κ2) is 11.1. The third-order valence-corrected chi connectivity index (χ3v) is 6.99. The summed E-state index contributed by atoms with van der Waals surface area (Å²) < 4.78 is 5.64. The largest absolute Gasteiger partial charge is 0.484 e. The molecule has 0 aliphatic carbocycles. The van der Waals surface area contributed by atoms with E-state index in [1.54, 1.807) is 0 Å². The highest BCUT2D eigenvalue weighted by Gasteiger charge is 2.18. The van der Waals surface area contributed by atoms with E-state index in [-0.39, 0.29) is 12.5 Å². The fraction of sp³-hybridized carbons (Fsp3) is 0.296. The van der Waals surface area contributed by atoms with Gasteiger partial charge in [0.1, 0.15) is 5.75 Å². The molecule has 1 amide bonds. The quantitative estimate of drug-likeness (QED) is 0.437. The van der Waals surface area contributed by atoms with Gasteiger partial charge in [-0.05, 0) is 73.0 Å². The normalized spacial score (nSPS) is 14.2. The molecule has 34 heavy (non-hydrogen) atoms. The van der Waals surface area contributed by atoms with Gasteiger partial charge in [0.15, 0.2) is 6.61 Å². The molecule has 5 nitrogen and oxygen atoms in total. The van der Waals surface area contributed by atoms with Crippen LogP contribution < -0.4 is 15.0 Å². The average molecular weight is 498 g/mol. The van der Waals surface area contributed by atoms with E-state index in [4.69, 9.17) is 27.9 Å². The number of halogens is 2. The third-order valence-electron chi connectivity index (χ3n) is 6.02. The standard InChI is InChI=1S/C27H29Cl2N3O2/c1-19-15-24(16-20(2)27(19)29)34-18-26(33)30-22-7-9-23(10-8-22)32-13-11-31(12-14-32)17-21-5-3-4-6-25(21)28/h3-10,15-16H,11-14,17-18H2,1-2H3,(H,30,33). The van der Waals surface area contributed by atoms with E-state index in [0.717, 1.165) is 65.3 Å². The highest BCUT2D eigenvalue weighted by molar-refractivity contribution is 6.32. The van der Waals surface area contributed by atoms with E-state index in [0.29, 0.717) is 5.75 Å². The molecule has 0 saturated carbocycles. The molecule has 3 aromatic rings. The van der Waals surface area contributed by atoms with Crippen molar-refractivity contribution in [2.75, 3.05) is 43.0 Å². The van der Waals surface area contributed by atoms with Crippen LogP contribution in [-0.2, 0) is 11.3 Å². The molecule has 0 unspecified atom stereocenters. The molecular formula is C27H29Cl2N3O2. The molecule has 1 heterocycles. The number of rotatable bonds is 7. The number of nitrogens with one attached hydrogen (secondary N) is 1. The summed E-state index contributed by atoms with van der Waals surface area (Å²) in [6, 6.07) is 19.7. The van der Waals surface area contributed by atoms with E-state index in [9.17, 15) is 4.79 Å². The fourth-order valence-electron chi connectivity index (χ4n) is 4.12. The third kappa shape index (κ3) is 6.23. The smallest absolute Gasteiger partial charge is 0.262 e. The van der Waals surface area contributed by atoms with Gasteiger partial charge < -0.3 is 15.0 Å². The number of carbonyl (C=O) groups excluding carboxylic acids is 1. The Kier molecular flexibility index (Phi) is 7.99. The lowest BCUT2D eigenvalue weighted by molar-refractivity contribution is -0.118. The van der Waals surface area contributed by atoms with Crippen molar-refractivity contribution in [1.82, 2.24) is 4.90 Å². The number of ether oxygens (including phenoxy) is 1. The summed E-state index contributed by atoms with van der Waals surface area (Å²) in [7, 11) is 0. The van der Waals surface area contributed by atoms with E-state index in [1.807, 2.05) is 68.4 Å². The maximum atomic E-state index is 12.3. The number of piperazine rings is 1. The monoisotopic (exact) mass is 497 g/mol. The van der Waals surface area contributed by atoms with Crippen molar-refractivity contribution in [1.29, 1.82) is 0 Å². The van der Waals surface area contributed by atoms with Gasteiger partial charge in [-0.15, -0.1) is 0 Å². The van der Waals surface area contributed by atoms with Crippen molar-refractivity contribution < 1.29 is 9.53 Å². The van der Waals surface area contributed by atoms with Gasteiger partial charge in [0.25, 0.3) is 5.91 Å². The predicted molar refractivity (Wildman–Crippen MR) is 140 cm³/mol. The maximum Gasteiger partial charge on any atom is 0.262 e. The Bertz CT molecular complexity index is 1120. The second-order valence-corrected chi connectivity index (χ2v) is 9.39. The summed E-state index contributed by atoms with van der Waals surface area (Å²) in [6.45, 7) is 8.50. The maximum absolute atomic E-state index is 12.3. The van der Waals surface area contributed by atoms with Gasteiger partial charge in [-0.25, -0.2) is 0 Å². The molecular weight excluding hydrogens is 469 g/mol. The number of aryl methyl sites for hydroxylation is 2. The summed E-state index contributed by atoms with van der Waals surface area (Å²) in [5, 5.41) is 4.44. The van der Waals surface area contributed by atoms with Crippen LogP contribution in [0.5, 0.6) is 5.75 Å². The van der Waals surface area contributed by atoms with Gasteiger partial charge in [-0.2, -0.15) is 0 Å². The molecule has 4 rings (SSSR count). The molecule has 178 valence electrons. The molecule has 1 aliphatic rings. The second-order valence-electron chi connectivity index (χ2n) is 8.61. The molecule has 1 N–H and O–H groups in total. The van der Waals surface area contributed by atoms with Crippen LogP contribution in [0.25, 0.3) is 0 Å². The molecule has 0 bridgehead atoms. The Balaban J connectivity index is 1.25. The van der Waals surface area contributed by atoms with Crippen molar-refractivity contribution in [3.63, 3.8) is 0 Å². The summed E-state index contributed by atoms with van der Waals surface area (Å²) in [4.78, 5) is 17.1. The Morgan fingerprint density at radius 1 is 0.941 bits per heavy atom. The summed E-state index contributed by atoms with van der Waals surface area (Å²) >= 11 is 12.5. The average Bonchev–Trinajstić information content (AvgIpc) is 2.83. The number of anilines is 2. The van der Waals surface area contributed by atoms with E-state index < -0.39 is 0 Å². The highest BCUT2D eigenvalue weighted by atomic mass is 35.5. The van der Waals surface area contributed by atoms with Gasteiger partial charge in [-0.1, -0.05) is 41.4 Å². The molecule has 3 aromatic carbocycles. The van der Waals surface area contributed by atoms with Crippen LogP contribution in [0.3, 0.4) is 0 Å². The van der Waals surface area contributed by atoms with Gasteiger partial charge in [0, 0.05) is 54.1 Å². The van der Waals surface area contributed by atoms with Crippen molar-refractivity contribution >= 4 is 40.5 Å². The van der Waals surface area contributed by atoms with Crippen LogP contribution in [0.4, 0.5) is 11.4 Å². The number of hydrogen-bond donors (Lipinski definition) is 1. The minimum absolute atomic E-state index is 0.0599. The summed E-state index contributed by atoms with van der Waals surface area (Å²) in [5.74, 6) is 0.435. The van der Waals surface area contributed by atoms with Crippen molar-refractivity contribution in [2.24, 2.45) is 0 Å². The predicted octanol–water partition coefficient (Wildman–Crippen LogP) is 5.95. The summed E-state index contributed by atoms with van der Waals surface area (Å²) in [6.07, 6.45) is 0. The SMILES string of the molecule is Cc1cc(OCC(=O)Nc2ccc(N3CCN(Cc4ccccc4Cl)CC3)cc2)cc(C)c1Cl. The summed E-state index contributed by atoms with van der Waals surface area (Å²) in [5.41, 5.74) is 4.93. The first-order chi connectivity index (χ1) is 16.4. The van der Waals surface area contributed by atoms with Crippen LogP contribution in [0, 0.1) is 13.8 Å². The molecule has 1 fully saturated rings. The first kappa shape index (κ1) is 24.4. The van der Waals surface area contributed by atoms with Crippen LogP contribution in [-0.4, -0.2) is 43.6 Å². The lowest BCUT2D eigenvalue weighted by Gasteiger charge is -2.36. The van der Waals surface area contributed by atoms with Crippen LogP contribution >= 0.6 is 23.2 Å². The first-order valence-electron chi connectivity index (χ1n) is 11.4. The molecule has 1 saturated heterocycles. The Morgan fingerprint density at radius 2 is 1.59 bits per heavy atom. The Morgan fingerprint density at radius 3 is 2.24 bits per heavy atom. The number of nitrogens with zero attached hydrogens (tertiary/aromatic N) is 2. The lowest BCUT2D eigenvalue weighted by Crippen LogP contribution is -2.46. The van der Waals surface area contributed by atoms with Crippen LogP contribution in [0.1, 0.15) is 16.7 Å². The van der Waals surface area contributed by atoms with Gasteiger partial charge in [-0.3, -0.25) is 9.69 Å². The molecule has 0 atom stereocenters. The van der Waals surface area contributed by atoms with Crippen LogP contribution in [0.2, 0.25) is 10.0 Å².